The van der Waals surface area contributed by atoms with E-state index in [1.54, 1.807) is 12.1 Å². The monoisotopic (exact) mass is 486 g/mol. The molecule has 0 radical (unpaired) electrons. The Kier molecular flexibility index (Phi) is 8.35. The minimum absolute atomic E-state index is 0.00128. The standard InChI is InChI=1S/C30H30O6/c1-8-14-34-22-16-24-27(28(31)20(22)12-10-18(3)4)29(32)26-21(13-11-19(5)6)30(33-7)25(35-15-9-2)17-23(26)36-24/h1-2,10-11,16-17,31H,12-15H2,3-7H3. The topological polar surface area (TPSA) is 78.1 Å². The van der Waals surface area contributed by atoms with Crippen molar-refractivity contribution in [1.29, 1.82) is 0 Å². The Morgan fingerprint density at radius 2 is 1.44 bits per heavy atom. The maximum absolute atomic E-state index is 13.9. The van der Waals surface area contributed by atoms with Crippen LogP contribution in [0.5, 0.6) is 23.0 Å². The summed E-state index contributed by atoms with van der Waals surface area (Å²) in [5.74, 6) is 5.75. The van der Waals surface area contributed by atoms with Gasteiger partial charge in [0.25, 0.3) is 0 Å². The van der Waals surface area contributed by atoms with Gasteiger partial charge in [0.05, 0.1) is 12.5 Å². The van der Waals surface area contributed by atoms with Gasteiger partial charge in [-0.2, -0.15) is 0 Å². The Morgan fingerprint density at radius 1 is 0.917 bits per heavy atom. The highest BCUT2D eigenvalue weighted by Gasteiger charge is 2.24. The molecule has 0 saturated heterocycles. The molecule has 1 heterocycles. The smallest absolute Gasteiger partial charge is 0.204 e. The van der Waals surface area contributed by atoms with Crippen molar-refractivity contribution in [1.82, 2.24) is 0 Å². The Hall–Kier alpha value is -4.29. The molecule has 6 heteroatoms. The summed E-state index contributed by atoms with van der Waals surface area (Å²) in [6.45, 7) is 7.83. The third-order valence-electron chi connectivity index (χ3n) is 5.57. The third kappa shape index (κ3) is 5.34. The molecule has 0 bridgehead atoms. The van der Waals surface area contributed by atoms with Gasteiger partial charge in [0, 0.05) is 23.3 Å². The summed E-state index contributed by atoms with van der Waals surface area (Å²) >= 11 is 0. The van der Waals surface area contributed by atoms with E-state index in [2.05, 4.69) is 11.8 Å². The van der Waals surface area contributed by atoms with E-state index in [1.165, 1.54) is 7.11 Å². The predicted octanol–water partition coefficient (Wildman–Crippen LogP) is 5.70. The number of phenols is 1. The van der Waals surface area contributed by atoms with Gasteiger partial charge in [0.2, 0.25) is 5.43 Å². The van der Waals surface area contributed by atoms with Gasteiger partial charge in [-0.3, -0.25) is 4.79 Å². The molecule has 0 spiro atoms. The van der Waals surface area contributed by atoms with Crippen molar-refractivity contribution >= 4 is 21.9 Å². The van der Waals surface area contributed by atoms with Crippen LogP contribution in [-0.2, 0) is 12.8 Å². The first-order valence-electron chi connectivity index (χ1n) is 11.5. The number of phenolic OH excluding ortho intramolecular Hbond substituents is 1. The summed E-state index contributed by atoms with van der Waals surface area (Å²) in [6, 6.07) is 3.16. The van der Waals surface area contributed by atoms with Crippen LogP contribution in [0.4, 0.5) is 0 Å². The highest BCUT2D eigenvalue weighted by atomic mass is 16.5. The molecule has 3 aromatic rings. The summed E-state index contributed by atoms with van der Waals surface area (Å²) in [5.41, 5.74) is 3.21. The molecule has 0 atom stereocenters. The van der Waals surface area contributed by atoms with E-state index in [1.807, 2.05) is 39.8 Å². The Labute approximate surface area is 211 Å². The lowest BCUT2D eigenvalue weighted by Gasteiger charge is -2.17. The first-order valence-corrected chi connectivity index (χ1v) is 11.5. The molecular formula is C30H30O6. The highest BCUT2D eigenvalue weighted by molar-refractivity contribution is 5.98. The number of terminal acetylenes is 2. The number of hydrogen-bond donors (Lipinski definition) is 1. The van der Waals surface area contributed by atoms with Crippen molar-refractivity contribution in [2.24, 2.45) is 0 Å². The predicted molar refractivity (Wildman–Crippen MR) is 143 cm³/mol. The molecule has 1 N–H and O–H groups in total. The van der Waals surface area contributed by atoms with Gasteiger partial charge >= 0.3 is 0 Å². The zero-order valence-corrected chi connectivity index (χ0v) is 21.3. The molecule has 1 aromatic heterocycles. The van der Waals surface area contributed by atoms with Gasteiger partial charge < -0.3 is 23.7 Å². The van der Waals surface area contributed by atoms with Crippen molar-refractivity contribution in [2.75, 3.05) is 20.3 Å². The van der Waals surface area contributed by atoms with Crippen LogP contribution in [-0.4, -0.2) is 25.4 Å². The largest absolute Gasteiger partial charge is 0.507 e. The number of benzene rings is 2. The van der Waals surface area contributed by atoms with E-state index < -0.39 is 0 Å². The summed E-state index contributed by atoms with van der Waals surface area (Å²) in [4.78, 5) is 13.9. The van der Waals surface area contributed by atoms with Gasteiger partial charge in [-0.25, -0.2) is 0 Å². The van der Waals surface area contributed by atoms with Crippen molar-refractivity contribution in [3.8, 4) is 47.7 Å². The fourth-order valence-corrected chi connectivity index (χ4v) is 3.91. The lowest BCUT2D eigenvalue weighted by Crippen LogP contribution is -2.10. The Bertz CT molecular complexity index is 1500. The summed E-state index contributed by atoms with van der Waals surface area (Å²) in [7, 11) is 1.50. The van der Waals surface area contributed by atoms with E-state index in [0.29, 0.717) is 46.6 Å². The van der Waals surface area contributed by atoms with Gasteiger partial charge in [0.1, 0.15) is 41.3 Å². The Balaban J connectivity index is 2.46. The minimum atomic E-state index is -0.385. The maximum Gasteiger partial charge on any atom is 0.204 e. The number of aromatic hydroxyl groups is 1. The van der Waals surface area contributed by atoms with E-state index in [4.69, 9.17) is 31.5 Å². The van der Waals surface area contributed by atoms with Crippen LogP contribution in [0.2, 0.25) is 0 Å². The number of allylic oxidation sites excluding steroid dienone is 4. The van der Waals surface area contributed by atoms with Crippen molar-refractivity contribution in [3.05, 3.63) is 56.8 Å². The molecule has 6 nitrogen and oxygen atoms in total. The first-order chi connectivity index (χ1) is 17.2. The fraction of sp³-hybridized carbons (Fsp3) is 0.300. The van der Waals surface area contributed by atoms with E-state index in [9.17, 15) is 9.90 Å². The van der Waals surface area contributed by atoms with Gasteiger partial charge in [-0.1, -0.05) is 35.1 Å². The molecule has 0 aliphatic rings. The average Bonchev–Trinajstić information content (AvgIpc) is 2.83. The number of fused-ring (bicyclic) bond motifs is 2. The van der Waals surface area contributed by atoms with Gasteiger partial charge in [-0.05, 0) is 40.5 Å². The van der Waals surface area contributed by atoms with Gasteiger partial charge in [-0.15, -0.1) is 12.8 Å². The van der Waals surface area contributed by atoms with Crippen LogP contribution in [0.3, 0.4) is 0 Å². The maximum atomic E-state index is 13.9. The summed E-state index contributed by atoms with van der Waals surface area (Å²) < 4.78 is 23.2. The second-order valence-corrected chi connectivity index (χ2v) is 8.72. The quantitative estimate of drug-likeness (QED) is 0.237. The van der Waals surface area contributed by atoms with E-state index >= 15 is 0 Å². The molecule has 36 heavy (non-hydrogen) atoms. The lowest BCUT2D eigenvalue weighted by molar-refractivity contribution is 0.329. The average molecular weight is 487 g/mol. The molecule has 3 rings (SSSR count). The summed E-state index contributed by atoms with van der Waals surface area (Å²) in [5, 5.41) is 11.6. The van der Waals surface area contributed by atoms with Crippen molar-refractivity contribution in [2.45, 2.75) is 40.5 Å². The van der Waals surface area contributed by atoms with Crippen LogP contribution in [0.1, 0.15) is 38.8 Å². The van der Waals surface area contributed by atoms with Gasteiger partial charge in [0.15, 0.2) is 11.5 Å². The molecule has 2 aromatic carbocycles. The van der Waals surface area contributed by atoms with Crippen LogP contribution in [0, 0.1) is 24.7 Å². The zero-order chi connectivity index (χ0) is 26.4. The van der Waals surface area contributed by atoms with Crippen LogP contribution >= 0.6 is 0 Å². The first kappa shape index (κ1) is 26.3. The number of hydrogen-bond acceptors (Lipinski definition) is 6. The normalized spacial score (nSPS) is 10.4. The molecule has 0 aliphatic heterocycles. The third-order valence-corrected chi connectivity index (χ3v) is 5.57. The fourth-order valence-electron chi connectivity index (χ4n) is 3.91. The SMILES string of the molecule is C#CCOc1cc2oc3cc(OCC#C)c(OC)c(CC=C(C)C)c3c(=O)c2c(O)c1CC=C(C)C. The number of rotatable bonds is 9. The summed E-state index contributed by atoms with van der Waals surface area (Å²) in [6.07, 6.45) is 15.4. The molecule has 186 valence electrons. The molecular weight excluding hydrogens is 456 g/mol. The minimum Gasteiger partial charge on any atom is -0.507 e. The second kappa shape index (κ2) is 11.4. The Morgan fingerprint density at radius 3 is 2.00 bits per heavy atom. The van der Waals surface area contributed by atoms with Crippen LogP contribution < -0.4 is 19.6 Å². The van der Waals surface area contributed by atoms with Crippen molar-refractivity contribution < 1.29 is 23.7 Å². The molecule has 0 amide bonds. The van der Waals surface area contributed by atoms with E-state index in [0.717, 1.165) is 11.1 Å². The van der Waals surface area contributed by atoms with Crippen LogP contribution in [0.25, 0.3) is 21.9 Å². The molecule has 0 fully saturated rings. The second-order valence-electron chi connectivity index (χ2n) is 8.72. The molecule has 0 saturated carbocycles. The van der Waals surface area contributed by atoms with Crippen molar-refractivity contribution in [3.63, 3.8) is 0 Å². The number of ether oxygens (including phenoxy) is 3. The number of methoxy groups -OCH3 is 1. The zero-order valence-electron chi connectivity index (χ0n) is 21.3. The lowest BCUT2D eigenvalue weighted by atomic mass is 9.98. The molecule has 0 aliphatic carbocycles. The van der Waals surface area contributed by atoms with Crippen LogP contribution in [0.15, 0.2) is 44.6 Å². The van der Waals surface area contributed by atoms with E-state index in [-0.39, 0.29) is 40.9 Å². The molecule has 0 unspecified atom stereocenters. The highest BCUT2D eigenvalue weighted by Crippen LogP contribution is 2.41.